The Balaban J connectivity index is 2.34. The van der Waals surface area contributed by atoms with Crippen molar-refractivity contribution in [1.29, 1.82) is 5.26 Å². The molecule has 78 valence electrons. The van der Waals surface area contributed by atoms with Crippen molar-refractivity contribution >= 4 is 0 Å². The van der Waals surface area contributed by atoms with Crippen molar-refractivity contribution < 1.29 is 4.74 Å². The summed E-state index contributed by atoms with van der Waals surface area (Å²) in [6.45, 7) is 7.61. The smallest absolute Gasteiger partial charge is 0.0900 e. The van der Waals surface area contributed by atoms with Crippen molar-refractivity contribution in [2.24, 2.45) is 5.92 Å². The minimum atomic E-state index is -0.190. The molecule has 0 saturated carbocycles. The highest BCUT2D eigenvalue weighted by Crippen LogP contribution is 2.15. The second kappa shape index (κ2) is 5.79. The van der Waals surface area contributed by atoms with E-state index in [1.165, 1.54) is 0 Å². The van der Waals surface area contributed by atoms with E-state index in [4.69, 9.17) is 10.00 Å². The van der Waals surface area contributed by atoms with Crippen molar-refractivity contribution in [3.05, 3.63) is 12.7 Å². The lowest BCUT2D eigenvalue weighted by atomic mass is 10.0. The van der Waals surface area contributed by atoms with Crippen LogP contribution < -0.4 is 5.32 Å². The number of ether oxygens (including phenoxy) is 1. The van der Waals surface area contributed by atoms with Crippen LogP contribution in [0.15, 0.2) is 12.7 Å². The summed E-state index contributed by atoms with van der Waals surface area (Å²) in [5.41, 5.74) is 0. The fourth-order valence-corrected chi connectivity index (χ4v) is 1.67. The van der Waals surface area contributed by atoms with Crippen LogP contribution in [0.5, 0.6) is 0 Å². The molecule has 1 aliphatic rings. The van der Waals surface area contributed by atoms with Gasteiger partial charge in [0.1, 0.15) is 0 Å². The van der Waals surface area contributed by atoms with E-state index in [0.717, 1.165) is 25.9 Å². The molecule has 3 heteroatoms. The fourth-order valence-electron chi connectivity index (χ4n) is 1.67. The second-order valence-electron chi connectivity index (χ2n) is 3.68. The van der Waals surface area contributed by atoms with Gasteiger partial charge in [-0.05, 0) is 32.9 Å². The molecule has 0 aromatic rings. The van der Waals surface area contributed by atoms with E-state index in [1.54, 1.807) is 6.08 Å². The van der Waals surface area contributed by atoms with E-state index in [9.17, 15) is 0 Å². The third kappa shape index (κ3) is 3.13. The van der Waals surface area contributed by atoms with E-state index >= 15 is 0 Å². The Labute approximate surface area is 85.7 Å². The SMILES string of the molecule is C=CC(C#N)C(C)OC1CCNCC1. The Morgan fingerprint density at radius 3 is 2.71 bits per heavy atom. The predicted molar refractivity (Wildman–Crippen MR) is 55.7 cm³/mol. The van der Waals surface area contributed by atoms with Crippen LogP contribution in [-0.2, 0) is 4.74 Å². The lowest BCUT2D eigenvalue weighted by molar-refractivity contribution is -0.0270. The zero-order chi connectivity index (χ0) is 10.4. The summed E-state index contributed by atoms with van der Waals surface area (Å²) < 4.78 is 5.80. The first-order chi connectivity index (χ1) is 6.77. The Hall–Kier alpha value is -0.850. The topological polar surface area (TPSA) is 45.0 Å². The van der Waals surface area contributed by atoms with Crippen LogP contribution in [0.2, 0.25) is 0 Å². The lowest BCUT2D eigenvalue weighted by Gasteiger charge is -2.27. The molecule has 0 aromatic heterocycles. The predicted octanol–water partition coefficient (Wildman–Crippen LogP) is 1.47. The lowest BCUT2D eigenvalue weighted by Crippen LogP contribution is -2.35. The summed E-state index contributed by atoms with van der Waals surface area (Å²) in [6, 6.07) is 2.18. The average molecular weight is 194 g/mol. The zero-order valence-electron chi connectivity index (χ0n) is 8.70. The Bertz CT molecular complexity index is 216. The van der Waals surface area contributed by atoms with Crippen LogP contribution in [0.1, 0.15) is 19.8 Å². The minimum Gasteiger partial charge on any atom is -0.373 e. The summed E-state index contributed by atoms with van der Waals surface area (Å²) in [5.74, 6) is -0.190. The molecule has 1 fully saturated rings. The Kier molecular flexibility index (Phi) is 4.64. The van der Waals surface area contributed by atoms with Gasteiger partial charge in [0.15, 0.2) is 0 Å². The van der Waals surface area contributed by atoms with Gasteiger partial charge in [-0.2, -0.15) is 5.26 Å². The number of hydrogen-bond acceptors (Lipinski definition) is 3. The molecule has 0 spiro atoms. The molecule has 1 rings (SSSR count). The van der Waals surface area contributed by atoms with Crippen molar-refractivity contribution in [2.75, 3.05) is 13.1 Å². The average Bonchev–Trinajstić information content (AvgIpc) is 2.21. The first-order valence-corrected chi connectivity index (χ1v) is 5.16. The van der Waals surface area contributed by atoms with E-state index in [0.29, 0.717) is 6.10 Å². The number of nitriles is 1. The molecule has 2 atom stereocenters. The van der Waals surface area contributed by atoms with Gasteiger partial charge in [-0.15, -0.1) is 6.58 Å². The number of piperidine rings is 1. The van der Waals surface area contributed by atoms with Gasteiger partial charge >= 0.3 is 0 Å². The Morgan fingerprint density at radius 1 is 1.57 bits per heavy atom. The molecule has 1 aliphatic heterocycles. The van der Waals surface area contributed by atoms with E-state index < -0.39 is 0 Å². The molecule has 1 N–H and O–H groups in total. The number of nitrogens with zero attached hydrogens (tertiary/aromatic N) is 1. The van der Waals surface area contributed by atoms with Crippen molar-refractivity contribution in [1.82, 2.24) is 5.32 Å². The van der Waals surface area contributed by atoms with Gasteiger partial charge in [0.05, 0.1) is 24.2 Å². The van der Waals surface area contributed by atoms with Gasteiger partial charge in [-0.25, -0.2) is 0 Å². The van der Waals surface area contributed by atoms with E-state index in [2.05, 4.69) is 18.0 Å². The van der Waals surface area contributed by atoms with Crippen LogP contribution in [-0.4, -0.2) is 25.3 Å². The summed E-state index contributed by atoms with van der Waals surface area (Å²) >= 11 is 0. The van der Waals surface area contributed by atoms with Crippen molar-refractivity contribution in [2.45, 2.75) is 32.0 Å². The maximum Gasteiger partial charge on any atom is 0.0900 e. The quantitative estimate of drug-likeness (QED) is 0.689. The van der Waals surface area contributed by atoms with Crippen LogP contribution in [0.4, 0.5) is 0 Å². The third-order valence-corrected chi connectivity index (χ3v) is 2.60. The molecule has 3 nitrogen and oxygen atoms in total. The Morgan fingerprint density at radius 2 is 2.21 bits per heavy atom. The molecule has 0 aliphatic carbocycles. The van der Waals surface area contributed by atoms with Gasteiger partial charge in [-0.1, -0.05) is 6.08 Å². The number of rotatable bonds is 4. The minimum absolute atomic E-state index is 0.0411. The van der Waals surface area contributed by atoms with Gasteiger partial charge in [0.25, 0.3) is 0 Å². The first-order valence-electron chi connectivity index (χ1n) is 5.16. The maximum absolute atomic E-state index is 8.81. The highest BCUT2D eigenvalue weighted by atomic mass is 16.5. The summed E-state index contributed by atoms with van der Waals surface area (Å²) in [6.07, 6.45) is 4.01. The summed E-state index contributed by atoms with van der Waals surface area (Å²) in [7, 11) is 0. The van der Waals surface area contributed by atoms with E-state index in [-0.39, 0.29) is 12.0 Å². The third-order valence-electron chi connectivity index (χ3n) is 2.60. The highest BCUT2D eigenvalue weighted by Gasteiger charge is 2.20. The van der Waals surface area contributed by atoms with Crippen molar-refractivity contribution in [3.8, 4) is 6.07 Å². The molecular formula is C11H18N2O. The number of nitrogens with one attached hydrogen (secondary N) is 1. The van der Waals surface area contributed by atoms with Gasteiger partial charge in [0.2, 0.25) is 0 Å². The van der Waals surface area contributed by atoms with Crippen LogP contribution in [0.3, 0.4) is 0 Å². The van der Waals surface area contributed by atoms with E-state index in [1.807, 2.05) is 6.92 Å². The monoisotopic (exact) mass is 194 g/mol. The van der Waals surface area contributed by atoms with Crippen LogP contribution >= 0.6 is 0 Å². The molecular weight excluding hydrogens is 176 g/mol. The molecule has 0 amide bonds. The maximum atomic E-state index is 8.81. The molecule has 0 aromatic carbocycles. The molecule has 0 bridgehead atoms. The fraction of sp³-hybridized carbons (Fsp3) is 0.727. The standard InChI is InChI=1S/C11H18N2O/c1-3-10(8-12)9(2)14-11-4-6-13-7-5-11/h3,9-11,13H,1,4-7H2,2H3. The molecule has 2 unspecified atom stereocenters. The molecule has 14 heavy (non-hydrogen) atoms. The highest BCUT2D eigenvalue weighted by molar-refractivity contribution is 4.99. The normalized spacial score (nSPS) is 22.3. The van der Waals surface area contributed by atoms with Crippen molar-refractivity contribution in [3.63, 3.8) is 0 Å². The largest absolute Gasteiger partial charge is 0.373 e. The molecule has 0 radical (unpaired) electrons. The molecule has 1 saturated heterocycles. The van der Waals surface area contributed by atoms with Gasteiger partial charge in [0, 0.05) is 0 Å². The van der Waals surface area contributed by atoms with Crippen LogP contribution in [0, 0.1) is 17.2 Å². The summed E-state index contributed by atoms with van der Waals surface area (Å²) in [5, 5.41) is 12.1. The molecule has 1 heterocycles. The van der Waals surface area contributed by atoms with Gasteiger partial charge < -0.3 is 10.1 Å². The second-order valence-corrected chi connectivity index (χ2v) is 3.68. The zero-order valence-corrected chi connectivity index (χ0v) is 8.70. The first kappa shape index (κ1) is 11.2. The van der Waals surface area contributed by atoms with Crippen LogP contribution in [0.25, 0.3) is 0 Å². The number of hydrogen-bond donors (Lipinski definition) is 1. The van der Waals surface area contributed by atoms with Gasteiger partial charge in [-0.3, -0.25) is 0 Å². The summed E-state index contributed by atoms with van der Waals surface area (Å²) in [4.78, 5) is 0.